The first kappa shape index (κ1) is 18.5. The van der Waals surface area contributed by atoms with Crippen molar-refractivity contribution in [1.29, 1.82) is 0 Å². The molecule has 1 amide bonds. The first-order valence-corrected chi connectivity index (χ1v) is 8.09. The van der Waals surface area contributed by atoms with E-state index >= 15 is 0 Å². The summed E-state index contributed by atoms with van der Waals surface area (Å²) in [7, 11) is 0. The van der Waals surface area contributed by atoms with Gasteiger partial charge in [-0.1, -0.05) is 17.7 Å². The van der Waals surface area contributed by atoms with Gasteiger partial charge in [-0.05, 0) is 37.1 Å². The van der Waals surface area contributed by atoms with Crippen LogP contribution in [0.1, 0.15) is 30.9 Å². The second-order valence-electron chi connectivity index (χ2n) is 5.87. The lowest BCUT2D eigenvalue weighted by Crippen LogP contribution is -2.44. The molecule has 128 valence electrons. The molecule has 3 rings (SSSR count). The fourth-order valence-electron chi connectivity index (χ4n) is 3.06. The molecule has 2 aliphatic heterocycles. The van der Waals surface area contributed by atoms with E-state index in [0.717, 1.165) is 24.9 Å². The number of nitrogens with one attached hydrogen (secondary N) is 1. The third-order valence-corrected chi connectivity index (χ3v) is 4.61. The molecule has 1 aromatic carbocycles. The van der Waals surface area contributed by atoms with Crippen molar-refractivity contribution in [3.05, 3.63) is 34.6 Å². The smallest absolute Gasteiger partial charge is 0.224 e. The van der Waals surface area contributed by atoms with Crippen LogP contribution in [0.4, 0.5) is 4.39 Å². The van der Waals surface area contributed by atoms with Crippen LogP contribution in [0, 0.1) is 5.82 Å². The first-order valence-electron chi connectivity index (χ1n) is 7.71. The van der Waals surface area contributed by atoms with Crippen molar-refractivity contribution < 1.29 is 13.9 Å². The predicted molar refractivity (Wildman–Crippen MR) is 89.6 cm³/mol. The summed E-state index contributed by atoms with van der Waals surface area (Å²) >= 11 is 5.83. The molecule has 23 heavy (non-hydrogen) atoms. The number of rotatable bonds is 3. The number of hydrogen-bond acceptors (Lipinski definition) is 3. The van der Waals surface area contributed by atoms with Crippen LogP contribution >= 0.6 is 24.0 Å². The average molecular weight is 363 g/mol. The molecule has 1 aromatic rings. The number of benzene rings is 1. The number of carbonyl (C=O) groups is 1. The lowest BCUT2D eigenvalue weighted by atomic mass is 10.1. The summed E-state index contributed by atoms with van der Waals surface area (Å²) in [5.74, 6) is -0.289. The van der Waals surface area contributed by atoms with Crippen LogP contribution in [-0.4, -0.2) is 43.1 Å². The van der Waals surface area contributed by atoms with Crippen LogP contribution in [-0.2, 0) is 9.53 Å². The summed E-state index contributed by atoms with van der Waals surface area (Å²) in [6, 6.07) is 4.88. The Morgan fingerprint density at radius 1 is 1.48 bits per heavy atom. The minimum absolute atomic E-state index is 0. The zero-order valence-electron chi connectivity index (χ0n) is 12.8. The van der Waals surface area contributed by atoms with Crippen molar-refractivity contribution in [2.24, 2.45) is 0 Å². The van der Waals surface area contributed by atoms with Gasteiger partial charge in [0.2, 0.25) is 5.91 Å². The van der Waals surface area contributed by atoms with Gasteiger partial charge in [0.05, 0.1) is 18.2 Å². The molecule has 4 nitrogen and oxygen atoms in total. The standard InChI is InChI=1S/C16H20ClFN2O2.ClH/c17-13-8-11(3-4-14(13)18)15-10-20(6-7-22-15)16(21)9-12-2-1-5-19-12;/h3-4,8,12,15,19H,1-2,5-7,9-10H2;1H. The lowest BCUT2D eigenvalue weighted by molar-refractivity contribution is -0.139. The topological polar surface area (TPSA) is 41.6 Å². The van der Waals surface area contributed by atoms with E-state index in [4.69, 9.17) is 16.3 Å². The maximum absolute atomic E-state index is 13.3. The van der Waals surface area contributed by atoms with Gasteiger partial charge in [-0.15, -0.1) is 12.4 Å². The van der Waals surface area contributed by atoms with Gasteiger partial charge in [0.1, 0.15) is 11.9 Å². The number of morpholine rings is 1. The Morgan fingerprint density at radius 2 is 2.30 bits per heavy atom. The highest BCUT2D eigenvalue weighted by atomic mass is 35.5. The molecule has 0 saturated carbocycles. The summed E-state index contributed by atoms with van der Waals surface area (Å²) in [6.45, 7) is 2.59. The van der Waals surface area contributed by atoms with Crippen molar-refractivity contribution in [2.45, 2.75) is 31.4 Å². The zero-order chi connectivity index (χ0) is 15.5. The predicted octanol–water partition coefficient (Wildman–Crippen LogP) is 2.94. The summed E-state index contributed by atoms with van der Waals surface area (Å²) < 4.78 is 19.0. The van der Waals surface area contributed by atoms with Crippen LogP contribution in [0.5, 0.6) is 0 Å². The third-order valence-electron chi connectivity index (χ3n) is 4.32. The van der Waals surface area contributed by atoms with E-state index in [2.05, 4.69) is 5.32 Å². The third kappa shape index (κ3) is 4.57. The number of ether oxygens (including phenoxy) is 1. The first-order chi connectivity index (χ1) is 10.6. The Labute approximate surface area is 146 Å². The molecule has 0 radical (unpaired) electrons. The molecule has 2 atom stereocenters. The molecule has 2 saturated heterocycles. The number of carbonyl (C=O) groups excluding carboxylic acids is 1. The van der Waals surface area contributed by atoms with Gasteiger partial charge in [-0.25, -0.2) is 4.39 Å². The number of hydrogen-bond donors (Lipinski definition) is 1. The quantitative estimate of drug-likeness (QED) is 0.898. The monoisotopic (exact) mass is 362 g/mol. The minimum Gasteiger partial charge on any atom is -0.370 e. The summed E-state index contributed by atoms with van der Waals surface area (Å²) in [5, 5.41) is 3.43. The molecule has 2 fully saturated rings. The van der Waals surface area contributed by atoms with Crippen LogP contribution < -0.4 is 5.32 Å². The highest BCUT2D eigenvalue weighted by Crippen LogP contribution is 2.26. The molecule has 7 heteroatoms. The zero-order valence-corrected chi connectivity index (χ0v) is 14.3. The van der Waals surface area contributed by atoms with E-state index in [0.29, 0.717) is 32.2 Å². The van der Waals surface area contributed by atoms with Gasteiger partial charge in [-0.3, -0.25) is 4.79 Å². The normalized spacial score (nSPS) is 24.3. The largest absolute Gasteiger partial charge is 0.370 e. The van der Waals surface area contributed by atoms with Crippen molar-refractivity contribution in [1.82, 2.24) is 10.2 Å². The number of nitrogens with zero attached hydrogens (tertiary/aromatic N) is 1. The van der Waals surface area contributed by atoms with E-state index in [1.165, 1.54) is 6.07 Å². The lowest BCUT2D eigenvalue weighted by Gasteiger charge is -2.34. The van der Waals surface area contributed by atoms with Gasteiger partial charge >= 0.3 is 0 Å². The summed E-state index contributed by atoms with van der Waals surface area (Å²) in [5.41, 5.74) is 0.808. The average Bonchev–Trinajstić information content (AvgIpc) is 3.03. The fraction of sp³-hybridized carbons (Fsp3) is 0.562. The van der Waals surface area contributed by atoms with Crippen molar-refractivity contribution in [3.63, 3.8) is 0 Å². The van der Waals surface area contributed by atoms with E-state index in [9.17, 15) is 9.18 Å². The molecule has 2 unspecified atom stereocenters. The Balaban J connectivity index is 0.00000192. The van der Waals surface area contributed by atoms with Gasteiger partial charge in [0, 0.05) is 19.0 Å². The Hall–Kier alpha value is -0.880. The number of halogens is 3. The summed E-state index contributed by atoms with van der Waals surface area (Å²) in [4.78, 5) is 14.2. The van der Waals surface area contributed by atoms with E-state index in [-0.39, 0.29) is 29.4 Å². The highest BCUT2D eigenvalue weighted by molar-refractivity contribution is 6.30. The maximum atomic E-state index is 13.3. The molecule has 0 aliphatic carbocycles. The molecular formula is C16H21Cl2FN2O2. The fourth-order valence-corrected chi connectivity index (χ4v) is 3.25. The minimum atomic E-state index is -0.443. The summed E-state index contributed by atoms with van der Waals surface area (Å²) in [6.07, 6.45) is 2.49. The molecule has 0 bridgehead atoms. The maximum Gasteiger partial charge on any atom is 0.224 e. The van der Waals surface area contributed by atoms with Gasteiger partial charge in [0.25, 0.3) is 0 Å². The van der Waals surface area contributed by atoms with Crippen LogP contribution in [0.3, 0.4) is 0 Å². The Morgan fingerprint density at radius 3 is 3.00 bits per heavy atom. The molecule has 2 aliphatic rings. The second-order valence-corrected chi connectivity index (χ2v) is 6.28. The molecule has 2 heterocycles. The van der Waals surface area contributed by atoms with Gasteiger partial charge in [0.15, 0.2) is 0 Å². The Kier molecular flexibility index (Phi) is 6.65. The SMILES string of the molecule is Cl.O=C(CC1CCCN1)N1CCOC(c2ccc(F)c(Cl)c2)C1. The Bertz CT molecular complexity index is 553. The molecular weight excluding hydrogens is 342 g/mol. The van der Waals surface area contributed by atoms with Gasteiger partial charge < -0.3 is 15.0 Å². The molecule has 1 N–H and O–H groups in total. The van der Waals surface area contributed by atoms with Crippen molar-refractivity contribution in [3.8, 4) is 0 Å². The second kappa shape index (κ2) is 8.29. The van der Waals surface area contributed by atoms with Crippen LogP contribution in [0.2, 0.25) is 5.02 Å². The van der Waals surface area contributed by atoms with Crippen LogP contribution in [0.25, 0.3) is 0 Å². The highest BCUT2D eigenvalue weighted by Gasteiger charge is 2.28. The van der Waals surface area contributed by atoms with E-state index < -0.39 is 5.82 Å². The molecule has 0 spiro atoms. The van der Waals surface area contributed by atoms with Gasteiger partial charge in [-0.2, -0.15) is 0 Å². The van der Waals surface area contributed by atoms with E-state index in [1.807, 2.05) is 4.90 Å². The van der Waals surface area contributed by atoms with Crippen molar-refractivity contribution in [2.75, 3.05) is 26.2 Å². The number of amides is 1. The van der Waals surface area contributed by atoms with Crippen molar-refractivity contribution >= 4 is 29.9 Å². The van der Waals surface area contributed by atoms with E-state index in [1.54, 1.807) is 12.1 Å². The van der Waals surface area contributed by atoms with Crippen LogP contribution in [0.15, 0.2) is 18.2 Å². The molecule has 0 aromatic heterocycles.